The highest BCUT2D eigenvalue weighted by Gasteiger charge is 2.17. The van der Waals surface area contributed by atoms with E-state index in [4.69, 9.17) is 4.74 Å². The maximum absolute atomic E-state index is 14.1. The SMILES string of the molecule is Cc1cc(=O)c(C(=O)NCC(=O)OCc2ccccc2)nn1-c1ccccc1F. The van der Waals surface area contributed by atoms with Crippen LogP contribution in [0.5, 0.6) is 0 Å². The van der Waals surface area contributed by atoms with Crippen molar-refractivity contribution in [1.82, 2.24) is 15.1 Å². The molecular formula is C21H18FN3O4. The molecule has 0 saturated carbocycles. The summed E-state index contributed by atoms with van der Waals surface area (Å²) in [4.78, 5) is 36.3. The van der Waals surface area contributed by atoms with Crippen LogP contribution in [0.2, 0.25) is 0 Å². The molecule has 0 spiro atoms. The minimum Gasteiger partial charge on any atom is -0.460 e. The highest BCUT2D eigenvalue weighted by molar-refractivity contribution is 5.94. The van der Waals surface area contributed by atoms with E-state index in [9.17, 15) is 18.8 Å². The predicted molar refractivity (Wildman–Crippen MR) is 103 cm³/mol. The molecular weight excluding hydrogens is 377 g/mol. The maximum Gasteiger partial charge on any atom is 0.325 e. The van der Waals surface area contributed by atoms with E-state index in [0.717, 1.165) is 5.56 Å². The Kier molecular flexibility index (Phi) is 6.13. The third-order valence-electron chi connectivity index (χ3n) is 4.04. The molecule has 148 valence electrons. The molecule has 0 fully saturated rings. The number of amides is 1. The molecule has 0 aliphatic carbocycles. The standard InChI is InChI=1S/C21H18FN3O4/c1-14-11-18(26)20(24-25(14)17-10-6-5-9-16(17)22)21(28)23-12-19(27)29-13-15-7-3-2-4-8-15/h2-11H,12-13H2,1H3,(H,23,28). The van der Waals surface area contributed by atoms with Gasteiger partial charge in [0.2, 0.25) is 5.43 Å². The van der Waals surface area contributed by atoms with Crippen molar-refractivity contribution in [2.45, 2.75) is 13.5 Å². The molecule has 3 aromatic rings. The van der Waals surface area contributed by atoms with Gasteiger partial charge in [-0.1, -0.05) is 42.5 Å². The summed E-state index contributed by atoms with van der Waals surface area (Å²) in [6.07, 6.45) is 0. The topological polar surface area (TPSA) is 90.3 Å². The van der Waals surface area contributed by atoms with Crippen LogP contribution in [-0.4, -0.2) is 28.2 Å². The van der Waals surface area contributed by atoms with Crippen LogP contribution in [0.1, 0.15) is 21.7 Å². The molecule has 1 heterocycles. The minimum absolute atomic E-state index is 0.0679. The van der Waals surface area contributed by atoms with Gasteiger partial charge in [0, 0.05) is 11.8 Å². The van der Waals surface area contributed by atoms with Gasteiger partial charge in [-0.05, 0) is 24.6 Å². The summed E-state index contributed by atoms with van der Waals surface area (Å²) in [5.74, 6) is -2.07. The largest absolute Gasteiger partial charge is 0.460 e. The van der Waals surface area contributed by atoms with Crippen molar-refractivity contribution in [1.29, 1.82) is 0 Å². The minimum atomic E-state index is -0.850. The Hall–Kier alpha value is -3.81. The van der Waals surface area contributed by atoms with Gasteiger partial charge in [0.1, 0.15) is 24.7 Å². The molecule has 1 amide bonds. The quantitative estimate of drug-likeness (QED) is 0.646. The second-order valence-corrected chi connectivity index (χ2v) is 6.19. The summed E-state index contributed by atoms with van der Waals surface area (Å²) >= 11 is 0. The predicted octanol–water partition coefficient (Wildman–Crippen LogP) is 2.15. The van der Waals surface area contributed by atoms with Gasteiger partial charge in [0.05, 0.1) is 0 Å². The van der Waals surface area contributed by atoms with Crippen LogP contribution in [0.15, 0.2) is 65.5 Å². The van der Waals surface area contributed by atoms with E-state index in [-0.39, 0.29) is 12.3 Å². The van der Waals surface area contributed by atoms with Crippen LogP contribution < -0.4 is 10.7 Å². The Bertz CT molecular complexity index is 1100. The van der Waals surface area contributed by atoms with Crippen LogP contribution in [0.25, 0.3) is 5.69 Å². The number of nitrogens with one attached hydrogen (secondary N) is 1. The molecule has 0 aliphatic rings. The molecule has 0 bridgehead atoms. The molecule has 0 aliphatic heterocycles. The number of halogens is 1. The van der Waals surface area contributed by atoms with Crippen molar-refractivity contribution >= 4 is 11.9 Å². The van der Waals surface area contributed by atoms with Crippen molar-refractivity contribution in [2.24, 2.45) is 0 Å². The van der Waals surface area contributed by atoms with Gasteiger partial charge >= 0.3 is 5.97 Å². The summed E-state index contributed by atoms with van der Waals surface area (Å²) in [6.45, 7) is 1.21. The van der Waals surface area contributed by atoms with Crippen LogP contribution in [0, 0.1) is 12.7 Å². The van der Waals surface area contributed by atoms with Crippen LogP contribution in [0.3, 0.4) is 0 Å². The normalized spacial score (nSPS) is 10.4. The molecule has 0 unspecified atom stereocenters. The van der Waals surface area contributed by atoms with E-state index >= 15 is 0 Å². The summed E-state index contributed by atoms with van der Waals surface area (Å²) in [5.41, 5.74) is 0.181. The zero-order chi connectivity index (χ0) is 20.8. The highest BCUT2D eigenvalue weighted by Crippen LogP contribution is 2.13. The third kappa shape index (κ3) is 4.92. The molecule has 0 radical (unpaired) electrons. The van der Waals surface area contributed by atoms with Crippen LogP contribution in [-0.2, 0) is 16.1 Å². The fourth-order valence-corrected chi connectivity index (χ4v) is 2.60. The van der Waals surface area contributed by atoms with Gasteiger partial charge in [-0.3, -0.25) is 14.4 Å². The van der Waals surface area contributed by atoms with E-state index in [1.807, 2.05) is 18.2 Å². The average molecular weight is 395 g/mol. The zero-order valence-corrected chi connectivity index (χ0v) is 15.6. The Morgan fingerprint density at radius 1 is 1.10 bits per heavy atom. The molecule has 1 aromatic heterocycles. The number of aryl methyl sites for hydroxylation is 1. The van der Waals surface area contributed by atoms with E-state index in [2.05, 4.69) is 10.4 Å². The number of carbonyl (C=O) groups excluding carboxylic acids is 2. The molecule has 8 heteroatoms. The lowest BCUT2D eigenvalue weighted by atomic mass is 10.2. The number of para-hydroxylation sites is 1. The van der Waals surface area contributed by atoms with Crippen LogP contribution in [0.4, 0.5) is 4.39 Å². The number of benzene rings is 2. The number of aromatic nitrogens is 2. The lowest BCUT2D eigenvalue weighted by Crippen LogP contribution is -2.35. The lowest BCUT2D eigenvalue weighted by Gasteiger charge is -2.12. The van der Waals surface area contributed by atoms with Gasteiger partial charge in [0.25, 0.3) is 5.91 Å². The van der Waals surface area contributed by atoms with Gasteiger partial charge in [-0.2, -0.15) is 5.10 Å². The fourth-order valence-electron chi connectivity index (χ4n) is 2.60. The number of rotatable bonds is 6. The van der Waals surface area contributed by atoms with Gasteiger partial charge in [0.15, 0.2) is 5.69 Å². The van der Waals surface area contributed by atoms with Crippen molar-refractivity contribution in [3.05, 3.63) is 93.7 Å². The summed E-state index contributed by atoms with van der Waals surface area (Å²) < 4.78 is 20.3. The number of hydrogen-bond acceptors (Lipinski definition) is 5. The number of nitrogens with zero attached hydrogens (tertiary/aromatic N) is 2. The fraction of sp³-hybridized carbons (Fsp3) is 0.143. The molecule has 3 rings (SSSR count). The number of carbonyl (C=O) groups is 2. The van der Waals surface area contributed by atoms with Crippen molar-refractivity contribution in [3.63, 3.8) is 0 Å². The van der Waals surface area contributed by atoms with Gasteiger partial charge in [-0.15, -0.1) is 0 Å². The summed E-state index contributed by atoms with van der Waals surface area (Å²) in [6, 6.07) is 16.1. The molecule has 1 N–H and O–H groups in total. The number of ether oxygens (including phenoxy) is 1. The molecule has 0 atom stereocenters. The lowest BCUT2D eigenvalue weighted by molar-refractivity contribution is -0.143. The molecule has 2 aromatic carbocycles. The van der Waals surface area contributed by atoms with E-state index in [0.29, 0.717) is 5.69 Å². The Morgan fingerprint density at radius 3 is 2.52 bits per heavy atom. The maximum atomic E-state index is 14.1. The highest BCUT2D eigenvalue weighted by atomic mass is 19.1. The molecule has 0 saturated heterocycles. The first-order valence-electron chi connectivity index (χ1n) is 8.79. The van der Waals surface area contributed by atoms with Crippen molar-refractivity contribution < 1.29 is 18.7 Å². The number of esters is 1. The molecule has 29 heavy (non-hydrogen) atoms. The summed E-state index contributed by atoms with van der Waals surface area (Å²) in [7, 11) is 0. The Morgan fingerprint density at radius 2 is 1.79 bits per heavy atom. The Balaban J connectivity index is 1.69. The smallest absolute Gasteiger partial charge is 0.325 e. The van der Waals surface area contributed by atoms with Crippen molar-refractivity contribution in [2.75, 3.05) is 6.54 Å². The first-order valence-corrected chi connectivity index (χ1v) is 8.79. The van der Waals surface area contributed by atoms with Gasteiger partial charge < -0.3 is 10.1 Å². The molecule has 7 nitrogen and oxygen atoms in total. The zero-order valence-electron chi connectivity index (χ0n) is 15.6. The first kappa shape index (κ1) is 19.9. The monoisotopic (exact) mass is 395 g/mol. The second-order valence-electron chi connectivity index (χ2n) is 6.19. The second kappa shape index (κ2) is 8.92. The average Bonchev–Trinajstić information content (AvgIpc) is 2.72. The third-order valence-corrected chi connectivity index (χ3v) is 4.04. The van der Waals surface area contributed by atoms with Crippen LogP contribution >= 0.6 is 0 Å². The van der Waals surface area contributed by atoms with Gasteiger partial charge in [-0.25, -0.2) is 9.07 Å². The van der Waals surface area contributed by atoms with Crippen molar-refractivity contribution in [3.8, 4) is 5.69 Å². The summed E-state index contributed by atoms with van der Waals surface area (Å²) in [5, 5.41) is 6.28. The number of hydrogen-bond donors (Lipinski definition) is 1. The first-order chi connectivity index (χ1) is 14.0. The van der Waals surface area contributed by atoms with E-state index < -0.39 is 35.4 Å². The van der Waals surface area contributed by atoms with E-state index in [1.54, 1.807) is 25.1 Å². The van der Waals surface area contributed by atoms with E-state index in [1.165, 1.54) is 28.9 Å². The Labute approximate surface area is 165 Å².